The van der Waals surface area contributed by atoms with Crippen LogP contribution in [-0.4, -0.2) is 4.98 Å². The Labute approximate surface area is 104 Å². The van der Waals surface area contributed by atoms with Gasteiger partial charge in [0.1, 0.15) is 0 Å². The van der Waals surface area contributed by atoms with Crippen molar-refractivity contribution in [2.75, 3.05) is 5.73 Å². The minimum Gasteiger partial charge on any atom is -0.399 e. The fourth-order valence-electron chi connectivity index (χ4n) is 1.34. The van der Waals surface area contributed by atoms with E-state index < -0.39 is 0 Å². The summed E-state index contributed by atoms with van der Waals surface area (Å²) in [7, 11) is 0. The van der Waals surface area contributed by atoms with Gasteiger partial charge in [-0.1, -0.05) is 13.0 Å². The van der Waals surface area contributed by atoms with Gasteiger partial charge in [0.25, 0.3) is 0 Å². The van der Waals surface area contributed by atoms with Crippen molar-refractivity contribution in [2.24, 2.45) is 0 Å². The zero-order valence-electron chi connectivity index (χ0n) is 9.14. The van der Waals surface area contributed by atoms with E-state index in [1.807, 2.05) is 18.2 Å². The van der Waals surface area contributed by atoms with Crippen LogP contribution in [0.4, 0.5) is 5.69 Å². The van der Waals surface area contributed by atoms with E-state index in [2.05, 4.69) is 23.4 Å². The molecule has 0 saturated heterocycles. The van der Waals surface area contributed by atoms with Crippen LogP contribution in [0.25, 0.3) is 0 Å². The summed E-state index contributed by atoms with van der Waals surface area (Å²) in [5.74, 6) is 0.917. The van der Waals surface area contributed by atoms with Crippen LogP contribution in [0.1, 0.15) is 17.6 Å². The normalized spacial score (nSPS) is 10.6. The molecule has 0 saturated carbocycles. The summed E-state index contributed by atoms with van der Waals surface area (Å²) in [5.41, 5.74) is 7.70. The Balaban J connectivity index is 1.96. The van der Waals surface area contributed by atoms with E-state index in [0.29, 0.717) is 0 Å². The molecule has 0 aliphatic heterocycles. The molecular formula is C12H14N2S2. The number of hydrogen-bond acceptors (Lipinski definition) is 4. The van der Waals surface area contributed by atoms with Crippen LogP contribution in [0.5, 0.6) is 0 Å². The molecule has 1 heterocycles. The molecule has 2 nitrogen and oxygen atoms in total. The van der Waals surface area contributed by atoms with Gasteiger partial charge in [-0.05, 0) is 24.6 Å². The molecule has 0 amide bonds. The fraction of sp³-hybridized carbons (Fsp3) is 0.250. The van der Waals surface area contributed by atoms with Gasteiger partial charge in [-0.25, -0.2) is 4.98 Å². The molecule has 4 heteroatoms. The van der Waals surface area contributed by atoms with Crippen molar-refractivity contribution in [3.05, 3.63) is 40.3 Å². The second kappa shape index (κ2) is 5.37. The second-order valence-corrected chi connectivity index (χ2v) is 5.44. The molecule has 0 atom stereocenters. The summed E-state index contributed by atoms with van der Waals surface area (Å²) in [6.45, 7) is 2.13. The quantitative estimate of drug-likeness (QED) is 0.666. The minimum absolute atomic E-state index is 0.817. The number of thioether (sulfide) groups is 1. The van der Waals surface area contributed by atoms with Gasteiger partial charge in [-0.3, -0.25) is 0 Å². The third-order valence-electron chi connectivity index (χ3n) is 2.15. The summed E-state index contributed by atoms with van der Waals surface area (Å²) in [5, 5.41) is 3.35. The maximum absolute atomic E-state index is 5.73. The highest BCUT2D eigenvalue weighted by molar-refractivity contribution is 7.98. The van der Waals surface area contributed by atoms with Crippen molar-refractivity contribution in [3.8, 4) is 0 Å². The predicted molar refractivity (Wildman–Crippen MR) is 71.9 cm³/mol. The van der Waals surface area contributed by atoms with Gasteiger partial charge in [-0.15, -0.1) is 23.1 Å². The molecule has 1 aromatic heterocycles. The van der Waals surface area contributed by atoms with Gasteiger partial charge in [0.05, 0.1) is 10.7 Å². The van der Waals surface area contributed by atoms with E-state index in [4.69, 9.17) is 5.73 Å². The van der Waals surface area contributed by atoms with E-state index in [1.165, 1.54) is 9.90 Å². The summed E-state index contributed by atoms with van der Waals surface area (Å²) < 4.78 is 0. The number of anilines is 1. The van der Waals surface area contributed by atoms with Crippen molar-refractivity contribution in [1.82, 2.24) is 4.98 Å². The number of benzene rings is 1. The first-order valence-electron chi connectivity index (χ1n) is 5.19. The Hall–Kier alpha value is -1.000. The highest BCUT2D eigenvalue weighted by Crippen LogP contribution is 2.25. The van der Waals surface area contributed by atoms with Gasteiger partial charge in [-0.2, -0.15) is 0 Å². The second-order valence-electron chi connectivity index (χ2n) is 3.45. The maximum atomic E-state index is 5.73. The molecule has 0 fully saturated rings. The third kappa shape index (κ3) is 3.00. The molecule has 16 heavy (non-hydrogen) atoms. The molecule has 0 unspecified atom stereocenters. The SMILES string of the molecule is CCc1nc(CSc2cccc(N)c2)cs1. The lowest BCUT2D eigenvalue weighted by molar-refractivity contribution is 1.06. The van der Waals surface area contributed by atoms with Crippen LogP contribution >= 0.6 is 23.1 Å². The smallest absolute Gasteiger partial charge is 0.0925 e. The van der Waals surface area contributed by atoms with Gasteiger partial charge >= 0.3 is 0 Å². The first-order chi connectivity index (χ1) is 7.78. The van der Waals surface area contributed by atoms with Crippen LogP contribution in [0.15, 0.2) is 34.5 Å². The standard InChI is InChI=1S/C12H14N2S2/c1-2-12-14-10(8-16-12)7-15-11-5-3-4-9(13)6-11/h3-6,8H,2,7,13H2,1H3. The Morgan fingerprint density at radius 1 is 1.44 bits per heavy atom. The Bertz CT molecular complexity index is 466. The molecule has 0 bridgehead atoms. The number of hydrogen-bond donors (Lipinski definition) is 1. The first kappa shape index (κ1) is 11.5. The van der Waals surface area contributed by atoms with E-state index in [1.54, 1.807) is 23.1 Å². The molecule has 2 aromatic rings. The number of aryl methyl sites for hydroxylation is 1. The lowest BCUT2D eigenvalue weighted by Crippen LogP contribution is -1.85. The third-order valence-corrected chi connectivity index (χ3v) is 4.22. The van der Waals surface area contributed by atoms with Crippen molar-refractivity contribution in [2.45, 2.75) is 24.0 Å². The fourth-order valence-corrected chi connectivity index (χ4v) is 3.05. The number of nitrogens with two attached hydrogens (primary N) is 1. The van der Waals surface area contributed by atoms with Gasteiger partial charge < -0.3 is 5.73 Å². The highest BCUT2D eigenvalue weighted by Gasteiger charge is 2.01. The molecule has 2 rings (SSSR count). The van der Waals surface area contributed by atoms with Crippen LogP contribution in [0, 0.1) is 0 Å². The van der Waals surface area contributed by atoms with Crippen molar-refractivity contribution < 1.29 is 0 Å². The molecule has 0 aliphatic rings. The Morgan fingerprint density at radius 3 is 3.00 bits per heavy atom. The largest absolute Gasteiger partial charge is 0.399 e. The summed E-state index contributed by atoms with van der Waals surface area (Å²) in [4.78, 5) is 5.73. The van der Waals surface area contributed by atoms with Gasteiger partial charge in [0, 0.05) is 21.7 Å². The first-order valence-corrected chi connectivity index (χ1v) is 7.06. The monoisotopic (exact) mass is 250 g/mol. The molecule has 0 spiro atoms. The Morgan fingerprint density at radius 2 is 2.31 bits per heavy atom. The topological polar surface area (TPSA) is 38.9 Å². The lowest BCUT2D eigenvalue weighted by Gasteiger charge is -2.00. The lowest BCUT2D eigenvalue weighted by atomic mass is 10.3. The number of nitrogens with zero attached hydrogens (tertiary/aromatic N) is 1. The number of thiazole rings is 1. The molecule has 0 radical (unpaired) electrons. The van der Waals surface area contributed by atoms with Crippen molar-refractivity contribution >= 4 is 28.8 Å². The van der Waals surface area contributed by atoms with Crippen LogP contribution < -0.4 is 5.73 Å². The van der Waals surface area contributed by atoms with Crippen molar-refractivity contribution in [3.63, 3.8) is 0 Å². The number of aromatic nitrogens is 1. The van der Waals surface area contributed by atoms with E-state index in [0.717, 1.165) is 23.6 Å². The average Bonchev–Trinajstić information content (AvgIpc) is 2.74. The zero-order chi connectivity index (χ0) is 11.4. The zero-order valence-corrected chi connectivity index (χ0v) is 10.8. The van der Waals surface area contributed by atoms with Crippen LogP contribution in [0.3, 0.4) is 0 Å². The number of nitrogen functional groups attached to an aromatic ring is 1. The molecule has 2 N–H and O–H groups in total. The number of rotatable bonds is 4. The summed E-state index contributed by atoms with van der Waals surface area (Å²) >= 11 is 3.51. The van der Waals surface area contributed by atoms with Gasteiger partial charge in [0.2, 0.25) is 0 Å². The molecule has 84 valence electrons. The van der Waals surface area contributed by atoms with Crippen molar-refractivity contribution in [1.29, 1.82) is 0 Å². The molecule has 0 aliphatic carbocycles. The maximum Gasteiger partial charge on any atom is 0.0925 e. The molecular weight excluding hydrogens is 236 g/mol. The predicted octanol–water partition coefficient (Wildman–Crippen LogP) is 3.58. The van der Waals surface area contributed by atoms with E-state index in [9.17, 15) is 0 Å². The Kier molecular flexibility index (Phi) is 3.85. The van der Waals surface area contributed by atoms with Crippen LogP contribution in [-0.2, 0) is 12.2 Å². The average molecular weight is 250 g/mol. The van der Waals surface area contributed by atoms with E-state index >= 15 is 0 Å². The van der Waals surface area contributed by atoms with Crippen LogP contribution in [0.2, 0.25) is 0 Å². The van der Waals surface area contributed by atoms with E-state index in [-0.39, 0.29) is 0 Å². The highest BCUT2D eigenvalue weighted by atomic mass is 32.2. The summed E-state index contributed by atoms with van der Waals surface area (Å²) in [6, 6.07) is 7.96. The van der Waals surface area contributed by atoms with Gasteiger partial charge in [0.15, 0.2) is 0 Å². The summed E-state index contributed by atoms with van der Waals surface area (Å²) in [6.07, 6.45) is 1.02. The molecule has 1 aromatic carbocycles. The minimum atomic E-state index is 0.817.